The average Bonchev–Trinajstić information content (AvgIpc) is 2.86. The highest BCUT2D eigenvalue weighted by Crippen LogP contribution is 2.54. The van der Waals surface area contributed by atoms with Gasteiger partial charge in [0.2, 0.25) is 5.78 Å². The summed E-state index contributed by atoms with van der Waals surface area (Å²) in [5, 5.41) is 45.7. The lowest BCUT2D eigenvalue weighted by molar-refractivity contribution is -0.153. The third-order valence-corrected chi connectivity index (χ3v) is 8.26. The van der Waals surface area contributed by atoms with Gasteiger partial charge >= 0.3 is 0 Å². The van der Waals surface area contributed by atoms with E-state index in [0.717, 1.165) is 5.69 Å². The molecular weight excluding hydrogens is 502 g/mol. The second-order valence-corrected chi connectivity index (χ2v) is 10.9. The largest absolute Gasteiger partial charge is 0.508 e. The number of hydrogen-bond acceptors (Lipinski definition) is 9. The Morgan fingerprint density at radius 3 is 2.26 bits per heavy atom. The number of rotatable bonds is 4. The molecule has 5 rings (SSSR count). The molecule has 0 heterocycles. The van der Waals surface area contributed by atoms with E-state index in [1.807, 2.05) is 55.4 Å². The Bertz CT molecular complexity index is 1490. The third kappa shape index (κ3) is 3.59. The molecule has 39 heavy (non-hydrogen) atoms. The molecular formula is C29H31N3O7. The molecule has 4 unspecified atom stereocenters. The van der Waals surface area contributed by atoms with Crippen LogP contribution in [0.3, 0.4) is 0 Å². The third-order valence-electron chi connectivity index (χ3n) is 8.26. The van der Waals surface area contributed by atoms with E-state index in [-0.39, 0.29) is 29.7 Å². The number of anilines is 1. The summed E-state index contributed by atoms with van der Waals surface area (Å²) in [6.07, 6.45) is 0.268. The summed E-state index contributed by atoms with van der Waals surface area (Å²) in [7, 11) is 6.80. The monoisotopic (exact) mass is 533 g/mol. The number of phenolic OH excluding ortho intramolecular Hbond substituents is 1. The highest BCUT2D eigenvalue weighted by molar-refractivity contribution is 6.24. The van der Waals surface area contributed by atoms with Crippen LogP contribution in [0.2, 0.25) is 0 Å². The zero-order chi connectivity index (χ0) is 28.5. The highest BCUT2D eigenvalue weighted by atomic mass is 16.3. The van der Waals surface area contributed by atoms with Crippen molar-refractivity contribution in [3.63, 3.8) is 0 Å². The van der Waals surface area contributed by atoms with Crippen molar-refractivity contribution in [3.8, 4) is 16.9 Å². The maximum atomic E-state index is 14.0. The summed E-state index contributed by atoms with van der Waals surface area (Å²) in [5.41, 5.74) is 4.25. The van der Waals surface area contributed by atoms with Crippen LogP contribution in [0, 0.1) is 11.8 Å². The number of primary amides is 1. The predicted octanol–water partition coefficient (Wildman–Crippen LogP) is 1.70. The molecule has 0 radical (unpaired) electrons. The molecule has 0 bridgehead atoms. The van der Waals surface area contributed by atoms with E-state index < -0.39 is 58.0 Å². The Balaban J connectivity index is 1.78. The molecule has 0 spiro atoms. The summed E-state index contributed by atoms with van der Waals surface area (Å²) in [6, 6.07) is 9.79. The Morgan fingerprint density at radius 2 is 1.69 bits per heavy atom. The number of amides is 1. The number of carbonyl (C=O) groups excluding carboxylic acids is 3. The zero-order valence-electron chi connectivity index (χ0n) is 22.1. The van der Waals surface area contributed by atoms with Crippen molar-refractivity contribution < 1.29 is 34.8 Å². The predicted molar refractivity (Wildman–Crippen MR) is 144 cm³/mol. The Kier molecular flexibility index (Phi) is 6.08. The smallest absolute Gasteiger partial charge is 0.255 e. The number of ketones is 2. The van der Waals surface area contributed by atoms with Gasteiger partial charge in [-0.3, -0.25) is 19.3 Å². The van der Waals surface area contributed by atoms with Crippen molar-refractivity contribution in [3.05, 3.63) is 64.4 Å². The zero-order valence-corrected chi connectivity index (χ0v) is 22.1. The minimum atomic E-state index is -2.67. The van der Waals surface area contributed by atoms with E-state index in [1.165, 1.54) is 4.90 Å². The second kappa shape index (κ2) is 8.96. The first kappa shape index (κ1) is 26.5. The van der Waals surface area contributed by atoms with Gasteiger partial charge in [-0.25, -0.2) is 0 Å². The fraction of sp³-hybridized carbons (Fsp3) is 0.345. The van der Waals surface area contributed by atoms with E-state index in [4.69, 9.17) is 5.73 Å². The van der Waals surface area contributed by atoms with Gasteiger partial charge in [0.25, 0.3) is 5.91 Å². The first-order valence-corrected chi connectivity index (χ1v) is 12.6. The topological polar surface area (TPSA) is 165 Å². The van der Waals surface area contributed by atoms with Gasteiger partial charge in [-0.1, -0.05) is 30.3 Å². The number of phenols is 1. The van der Waals surface area contributed by atoms with Gasteiger partial charge in [0, 0.05) is 36.8 Å². The molecule has 0 saturated heterocycles. The molecule has 0 aliphatic heterocycles. The molecule has 3 aliphatic rings. The number of likely N-dealkylation sites (N-methyl/N-ethyl adjacent to an activating group) is 1. The van der Waals surface area contributed by atoms with Crippen LogP contribution in [0.4, 0.5) is 5.69 Å². The van der Waals surface area contributed by atoms with Crippen LogP contribution in [0.25, 0.3) is 16.9 Å². The fourth-order valence-corrected chi connectivity index (χ4v) is 6.53. The van der Waals surface area contributed by atoms with Crippen molar-refractivity contribution in [2.45, 2.75) is 24.5 Å². The molecule has 204 valence electrons. The van der Waals surface area contributed by atoms with Gasteiger partial charge < -0.3 is 31.1 Å². The van der Waals surface area contributed by atoms with E-state index in [1.54, 1.807) is 14.1 Å². The van der Waals surface area contributed by atoms with Crippen LogP contribution < -0.4 is 10.6 Å². The van der Waals surface area contributed by atoms with Crippen LogP contribution in [0.15, 0.2) is 53.3 Å². The first-order chi connectivity index (χ1) is 18.3. The summed E-state index contributed by atoms with van der Waals surface area (Å²) in [5.74, 6) is -6.66. The molecule has 1 amide bonds. The van der Waals surface area contributed by atoms with Gasteiger partial charge in [0.1, 0.15) is 22.8 Å². The lowest BCUT2D eigenvalue weighted by Gasteiger charge is -2.50. The lowest BCUT2D eigenvalue weighted by atomic mass is 9.57. The van der Waals surface area contributed by atoms with Crippen molar-refractivity contribution >= 4 is 28.9 Å². The van der Waals surface area contributed by atoms with Gasteiger partial charge in [-0.05, 0) is 50.0 Å². The minimum absolute atomic E-state index is 0.0415. The Hall–Kier alpha value is -4.15. The van der Waals surface area contributed by atoms with Crippen molar-refractivity contribution in [2.24, 2.45) is 17.6 Å². The van der Waals surface area contributed by atoms with Gasteiger partial charge in [-0.15, -0.1) is 0 Å². The van der Waals surface area contributed by atoms with Crippen molar-refractivity contribution in [2.75, 3.05) is 33.1 Å². The molecule has 4 atom stereocenters. The maximum absolute atomic E-state index is 14.0. The number of hydrogen-bond donors (Lipinski definition) is 5. The van der Waals surface area contributed by atoms with Crippen LogP contribution >= 0.6 is 0 Å². The molecule has 10 nitrogen and oxygen atoms in total. The fourth-order valence-electron chi connectivity index (χ4n) is 6.53. The summed E-state index contributed by atoms with van der Waals surface area (Å²) >= 11 is 0. The normalized spacial score (nSPS) is 26.4. The van der Waals surface area contributed by atoms with Crippen molar-refractivity contribution in [1.29, 1.82) is 0 Å². The molecule has 2 aromatic carbocycles. The summed E-state index contributed by atoms with van der Waals surface area (Å²) in [4.78, 5) is 42.7. The van der Waals surface area contributed by atoms with Gasteiger partial charge in [0.15, 0.2) is 11.4 Å². The summed E-state index contributed by atoms with van der Waals surface area (Å²) < 4.78 is 0. The second-order valence-electron chi connectivity index (χ2n) is 10.9. The number of fused-ring (bicyclic) bond motifs is 3. The molecule has 1 fully saturated rings. The number of carbonyl (C=O) groups is 3. The maximum Gasteiger partial charge on any atom is 0.255 e. The van der Waals surface area contributed by atoms with Crippen molar-refractivity contribution in [1.82, 2.24) is 4.90 Å². The SMILES string of the molecule is CN(C)c1cc(-c2ccccc2)c(O)c2c1CC1CC3C(N(C)C)C(=O)C(C(N)=O)=C(O)C3(O)C(=O)C1=C2O. The Labute approximate surface area is 225 Å². The van der Waals surface area contributed by atoms with Crippen LogP contribution in [-0.4, -0.2) is 82.6 Å². The highest BCUT2D eigenvalue weighted by Gasteiger charge is 2.64. The van der Waals surface area contributed by atoms with E-state index >= 15 is 0 Å². The van der Waals surface area contributed by atoms with Crippen LogP contribution in [0.1, 0.15) is 17.5 Å². The standard InChI is InChI=1S/C29H31N3O7/c1-31(2)18-12-15(13-8-6-5-7-9-13)23(33)20-16(18)10-14-11-17-22(32(3)4)25(35)21(28(30)38)27(37)29(17,39)26(36)19(14)24(20)34/h5-9,12,14,17,22,33-34,37,39H,10-11H2,1-4H3,(H2,30,38). The number of benzene rings is 2. The van der Waals surface area contributed by atoms with E-state index in [9.17, 15) is 34.8 Å². The first-order valence-electron chi connectivity index (χ1n) is 12.6. The molecule has 6 N–H and O–H groups in total. The molecule has 2 aromatic rings. The van der Waals surface area contributed by atoms with E-state index in [2.05, 4.69) is 0 Å². The van der Waals surface area contributed by atoms with Gasteiger partial charge in [0.05, 0.1) is 11.6 Å². The number of aliphatic hydroxyl groups excluding tert-OH is 2. The average molecular weight is 534 g/mol. The number of nitrogens with zero attached hydrogens (tertiary/aromatic N) is 2. The van der Waals surface area contributed by atoms with Crippen LogP contribution in [-0.2, 0) is 20.8 Å². The summed E-state index contributed by atoms with van der Waals surface area (Å²) in [6.45, 7) is 0. The van der Waals surface area contributed by atoms with Crippen LogP contribution in [0.5, 0.6) is 5.75 Å². The number of nitrogens with two attached hydrogens (primary N) is 1. The quantitative estimate of drug-likeness (QED) is 0.368. The minimum Gasteiger partial charge on any atom is -0.508 e. The van der Waals surface area contributed by atoms with Gasteiger partial charge in [-0.2, -0.15) is 0 Å². The molecule has 0 aromatic heterocycles. The lowest BCUT2D eigenvalue weighted by Crippen LogP contribution is -2.65. The number of Topliss-reactive ketones (excluding diaryl/α,β-unsaturated/α-hetero) is 2. The Morgan fingerprint density at radius 1 is 1.05 bits per heavy atom. The molecule has 10 heteroatoms. The number of aliphatic hydroxyl groups is 3. The molecule has 1 saturated carbocycles. The number of aromatic hydroxyl groups is 1. The van der Waals surface area contributed by atoms with E-state index in [0.29, 0.717) is 16.7 Å². The molecule has 3 aliphatic carbocycles.